The van der Waals surface area contributed by atoms with Crippen molar-refractivity contribution in [1.82, 2.24) is 4.90 Å². The van der Waals surface area contributed by atoms with Crippen LogP contribution in [0.3, 0.4) is 0 Å². The second kappa shape index (κ2) is 13.7. The maximum atomic E-state index is 15.1. The van der Waals surface area contributed by atoms with Gasteiger partial charge in [0.05, 0.1) is 30.1 Å². The van der Waals surface area contributed by atoms with Gasteiger partial charge >= 0.3 is 0 Å². The fourth-order valence-corrected chi connectivity index (χ4v) is 8.41. The second-order valence-electron chi connectivity index (χ2n) is 12.9. The van der Waals surface area contributed by atoms with E-state index >= 15 is 9.59 Å². The number of ether oxygens (including phenoxy) is 1. The van der Waals surface area contributed by atoms with E-state index in [9.17, 15) is 9.90 Å². The Hall–Kier alpha value is -4.24. The standard InChI is InChI=1S/C39H42ClN3O5/c1-4-23-41(29-15-11-8-12-16-29)35(45)32-33-36(46)43(31(26-44)25-27-13-9-7-10-14-27)34(39(33)22-21-38(32,6-3)48-39)37(47)42(24-5-2)30-19-17-28(40)18-20-30/h4-5,7-20,31-34,44H,1-2,6,21-26H2,3H3/t31-,32-,33+,34?,38+,39?/m1/s1. The van der Waals surface area contributed by atoms with Crippen molar-refractivity contribution in [3.8, 4) is 0 Å². The fraction of sp³-hybridized carbons (Fsp3) is 0.359. The molecule has 0 saturated carbocycles. The first kappa shape index (κ1) is 33.7. The summed E-state index contributed by atoms with van der Waals surface area (Å²) >= 11 is 6.21. The predicted molar refractivity (Wildman–Crippen MR) is 188 cm³/mol. The smallest absolute Gasteiger partial charge is 0.253 e. The van der Waals surface area contributed by atoms with Gasteiger partial charge in [0.1, 0.15) is 11.6 Å². The molecule has 9 heteroatoms. The molecule has 6 rings (SSSR count). The van der Waals surface area contributed by atoms with Crippen LogP contribution in [0, 0.1) is 11.8 Å². The number of hydrogen-bond donors (Lipinski definition) is 1. The molecule has 2 unspecified atom stereocenters. The maximum absolute atomic E-state index is 15.1. The quantitative estimate of drug-likeness (QED) is 0.232. The number of para-hydroxylation sites is 1. The van der Waals surface area contributed by atoms with Crippen LogP contribution in [0.1, 0.15) is 31.7 Å². The zero-order chi connectivity index (χ0) is 34.1. The first-order valence-electron chi connectivity index (χ1n) is 16.6. The van der Waals surface area contributed by atoms with Crippen LogP contribution < -0.4 is 9.80 Å². The van der Waals surface area contributed by atoms with Gasteiger partial charge in [0.25, 0.3) is 5.91 Å². The van der Waals surface area contributed by atoms with Crippen LogP contribution in [-0.4, -0.2) is 70.7 Å². The van der Waals surface area contributed by atoms with Gasteiger partial charge in [0.2, 0.25) is 11.8 Å². The Labute approximate surface area is 287 Å². The third-order valence-electron chi connectivity index (χ3n) is 10.4. The van der Waals surface area contributed by atoms with Gasteiger partial charge in [-0.15, -0.1) is 13.2 Å². The number of hydrogen-bond acceptors (Lipinski definition) is 5. The summed E-state index contributed by atoms with van der Waals surface area (Å²) in [6, 6.07) is 24.0. The molecule has 3 heterocycles. The molecule has 6 atom stereocenters. The minimum absolute atomic E-state index is 0.171. The van der Waals surface area contributed by atoms with Crippen LogP contribution in [0.5, 0.6) is 0 Å². The Balaban J connectivity index is 1.49. The molecule has 1 spiro atoms. The summed E-state index contributed by atoms with van der Waals surface area (Å²) in [6.45, 7) is 9.82. The van der Waals surface area contributed by atoms with Gasteiger partial charge in [-0.05, 0) is 67.6 Å². The molecule has 0 aromatic heterocycles. The highest BCUT2D eigenvalue weighted by atomic mass is 35.5. The summed E-state index contributed by atoms with van der Waals surface area (Å²) in [5, 5.41) is 11.4. The van der Waals surface area contributed by atoms with Crippen molar-refractivity contribution in [2.75, 3.05) is 29.5 Å². The van der Waals surface area contributed by atoms with E-state index in [0.717, 1.165) is 5.56 Å². The van der Waals surface area contributed by atoms with Crippen molar-refractivity contribution in [3.05, 3.63) is 121 Å². The first-order valence-corrected chi connectivity index (χ1v) is 16.9. The molecule has 8 nitrogen and oxygen atoms in total. The average molecular weight is 668 g/mol. The third kappa shape index (κ3) is 5.55. The Morgan fingerprint density at radius 2 is 1.52 bits per heavy atom. The highest BCUT2D eigenvalue weighted by Crippen LogP contribution is 2.65. The number of carbonyl (C=O) groups is 3. The highest BCUT2D eigenvalue weighted by molar-refractivity contribution is 6.30. The van der Waals surface area contributed by atoms with Gasteiger partial charge in [-0.25, -0.2) is 0 Å². The summed E-state index contributed by atoms with van der Waals surface area (Å²) in [6.07, 6.45) is 5.06. The average Bonchev–Trinajstić information content (AvgIpc) is 3.72. The Morgan fingerprint density at radius 3 is 2.10 bits per heavy atom. The van der Waals surface area contributed by atoms with Gasteiger partial charge in [-0.1, -0.05) is 79.2 Å². The van der Waals surface area contributed by atoms with Crippen LogP contribution in [0.25, 0.3) is 0 Å². The number of aliphatic hydroxyl groups is 1. The molecule has 3 amide bonds. The first-order chi connectivity index (χ1) is 23.2. The second-order valence-corrected chi connectivity index (χ2v) is 13.3. The normalized spacial score (nSPS) is 26.2. The van der Waals surface area contributed by atoms with Gasteiger partial charge in [0.15, 0.2) is 0 Å². The SMILES string of the molecule is C=CCN(C(=O)C1N([C@@H](CO)Cc2ccccc2)C(=O)[C@@H]2[C@H](C(=O)N(CC=C)c3ccccc3)[C@]3(CC)CCC12O3)c1ccc(Cl)cc1. The van der Waals surface area contributed by atoms with Gasteiger partial charge in [0, 0.05) is 29.5 Å². The van der Waals surface area contributed by atoms with Crippen LogP contribution in [-0.2, 0) is 25.5 Å². The molecular weight excluding hydrogens is 626 g/mol. The Bertz CT molecular complexity index is 1670. The van der Waals surface area contributed by atoms with E-state index in [4.69, 9.17) is 16.3 Å². The summed E-state index contributed by atoms with van der Waals surface area (Å²) in [5.74, 6) is -2.71. The molecule has 2 bridgehead atoms. The van der Waals surface area contributed by atoms with E-state index in [1.54, 1.807) is 46.2 Å². The maximum Gasteiger partial charge on any atom is 0.253 e. The summed E-state index contributed by atoms with van der Waals surface area (Å²) in [7, 11) is 0. The molecule has 3 aliphatic rings. The monoisotopic (exact) mass is 667 g/mol. The number of amides is 3. The van der Waals surface area contributed by atoms with Crippen molar-refractivity contribution >= 4 is 40.7 Å². The van der Waals surface area contributed by atoms with E-state index in [2.05, 4.69) is 13.2 Å². The fourth-order valence-electron chi connectivity index (χ4n) is 8.29. The zero-order valence-corrected chi connectivity index (χ0v) is 28.0. The topological polar surface area (TPSA) is 90.4 Å². The molecule has 3 aromatic rings. The lowest BCUT2D eigenvalue weighted by Crippen LogP contribution is -2.59. The van der Waals surface area contributed by atoms with E-state index in [0.29, 0.717) is 42.1 Å². The van der Waals surface area contributed by atoms with Gasteiger partial charge in [-0.2, -0.15) is 0 Å². The number of aliphatic hydroxyl groups excluding tert-OH is 1. The minimum atomic E-state index is -1.28. The van der Waals surface area contributed by atoms with Crippen LogP contribution >= 0.6 is 11.6 Å². The molecule has 1 N–H and O–H groups in total. The third-order valence-corrected chi connectivity index (χ3v) is 10.7. The lowest BCUT2D eigenvalue weighted by molar-refractivity contribution is -0.149. The van der Waals surface area contributed by atoms with E-state index < -0.39 is 35.1 Å². The molecule has 0 radical (unpaired) electrons. The van der Waals surface area contributed by atoms with Crippen molar-refractivity contribution in [3.63, 3.8) is 0 Å². The summed E-state index contributed by atoms with van der Waals surface area (Å²) in [5.41, 5.74) is -0.0236. The number of benzene rings is 3. The lowest BCUT2D eigenvalue weighted by atomic mass is 9.64. The number of rotatable bonds is 13. The number of anilines is 2. The lowest BCUT2D eigenvalue weighted by Gasteiger charge is -2.39. The molecular formula is C39H42ClN3O5. The number of halogens is 1. The molecule has 0 aliphatic carbocycles. The molecule has 3 fully saturated rings. The molecule has 3 aliphatic heterocycles. The predicted octanol–water partition coefficient (Wildman–Crippen LogP) is 5.84. The number of carbonyl (C=O) groups excluding carboxylic acids is 3. The molecule has 250 valence electrons. The van der Waals surface area contributed by atoms with Crippen LogP contribution in [0.2, 0.25) is 5.02 Å². The zero-order valence-electron chi connectivity index (χ0n) is 27.2. The largest absolute Gasteiger partial charge is 0.394 e. The van der Waals surface area contributed by atoms with Crippen LogP contribution in [0.4, 0.5) is 11.4 Å². The summed E-state index contributed by atoms with van der Waals surface area (Å²) < 4.78 is 7.07. The van der Waals surface area contributed by atoms with Gasteiger partial charge in [-0.3, -0.25) is 14.4 Å². The number of likely N-dealkylation sites (tertiary alicyclic amines) is 1. The van der Waals surface area contributed by atoms with Crippen molar-refractivity contribution in [1.29, 1.82) is 0 Å². The molecule has 3 aromatic carbocycles. The molecule has 48 heavy (non-hydrogen) atoms. The number of nitrogens with zero attached hydrogens (tertiary/aromatic N) is 3. The molecule has 3 saturated heterocycles. The van der Waals surface area contributed by atoms with E-state index in [1.165, 1.54) is 4.90 Å². The summed E-state index contributed by atoms with van der Waals surface area (Å²) in [4.78, 5) is 49.8. The van der Waals surface area contributed by atoms with E-state index in [1.807, 2.05) is 67.6 Å². The van der Waals surface area contributed by atoms with Crippen LogP contribution in [0.15, 0.2) is 110 Å². The highest BCUT2D eigenvalue weighted by Gasteiger charge is 2.79. The number of fused-ring (bicyclic) bond motifs is 1. The minimum Gasteiger partial charge on any atom is -0.394 e. The van der Waals surface area contributed by atoms with Crippen molar-refractivity contribution < 1.29 is 24.2 Å². The van der Waals surface area contributed by atoms with Gasteiger partial charge < -0.3 is 24.5 Å². The van der Waals surface area contributed by atoms with Crippen molar-refractivity contribution in [2.45, 2.75) is 55.9 Å². The van der Waals surface area contributed by atoms with Crippen molar-refractivity contribution in [2.24, 2.45) is 11.8 Å². The van der Waals surface area contributed by atoms with E-state index in [-0.39, 0.29) is 37.4 Å². The Morgan fingerprint density at radius 1 is 0.938 bits per heavy atom. The Kier molecular flexibility index (Phi) is 9.61.